The number of fused-ring (bicyclic) bond motifs is 3. The number of hydrogen-bond acceptors (Lipinski definition) is 1. The first kappa shape index (κ1) is 45.2. The first-order valence-corrected chi connectivity index (χ1v) is 26.1. The molecule has 0 N–H and O–H groups in total. The summed E-state index contributed by atoms with van der Waals surface area (Å²) in [6.07, 6.45) is 0. The SMILES string of the molecule is CC(C)(C)c1ccc2c(c1)c1cc(C(C)(C)C)ccc1n2-c1ccc2ccc3c(N(c4ccccc4-c4ccc(-c5ccccc5)cc4)c4ccccc4-c4ccccc4-c4ccccc4)ccc4ccc1c2c43. The average Bonchev–Trinajstić information content (AvgIpc) is 3.80. The monoisotopic (exact) mass is 950 g/mol. The van der Waals surface area contributed by atoms with Crippen molar-refractivity contribution in [3.05, 3.63) is 254 Å². The molecule has 0 unspecified atom stereocenters. The lowest BCUT2D eigenvalue weighted by Crippen LogP contribution is -2.13. The van der Waals surface area contributed by atoms with Gasteiger partial charge in [-0.05, 0) is 125 Å². The Morgan fingerprint density at radius 3 is 1.34 bits per heavy atom. The fourth-order valence-corrected chi connectivity index (χ4v) is 11.6. The molecule has 13 rings (SSSR count). The third kappa shape index (κ3) is 7.55. The molecule has 0 radical (unpaired) electrons. The van der Waals surface area contributed by atoms with E-state index >= 15 is 0 Å². The molecule has 0 aliphatic heterocycles. The van der Waals surface area contributed by atoms with E-state index in [0.717, 1.165) is 33.8 Å². The van der Waals surface area contributed by atoms with Gasteiger partial charge in [0.15, 0.2) is 0 Å². The van der Waals surface area contributed by atoms with Crippen LogP contribution in [-0.2, 0) is 10.8 Å². The maximum atomic E-state index is 2.54. The minimum atomic E-state index is 0.0160. The van der Waals surface area contributed by atoms with Crippen LogP contribution in [0.3, 0.4) is 0 Å². The summed E-state index contributed by atoms with van der Waals surface area (Å²) in [4.78, 5) is 2.54. The van der Waals surface area contributed by atoms with Gasteiger partial charge in [-0.25, -0.2) is 0 Å². The van der Waals surface area contributed by atoms with E-state index in [2.05, 4.69) is 294 Å². The quantitative estimate of drug-likeness (QED) is 0.138. The normalized spacial score (nSPS) is 12.2. The molecule has 1 heterocycles. The van der Waals surface area contributed by atoms with Crippen LogP contribution in [0.5, 0.6) is 0 Å². The molecule has 0 amide bonds. The van der Waals surface area contributed by atoms with Crippen molar-refractivity contribution in [2.45, 2.75) is 52.4 Å². The minimum absolute atomic E-state index is 0.0160. The molecule has 0 saturated carbocycles. The Bertz CT molecular complexity index is 4170. The Labute approximate surface area is 434 Å². The van der Waals surface area contributed by atoms with E-state index in [0.29, 0.717) is 0 Å². The number of hydrogen-bond donors (Lipinski definition) is 0. The molecule has 1 aromatic heterocycles. The lowest BCUT2D eigenvalue weighted by atomic mass is 9.85. The van der Waals surface area contributed by atoms with Crippen molar-refractivity contribution in [3.8, 4) is 50.2 Å². The Morgan fingerprint density at radius 2 is 0.730 bits per heavy atom. The summed E-state index contributed by atoms with van der Waals surface area (Å²) in [5, 5.41) is 10.0. The van der Waals surface area contributed by atoms with Gasteiger partial charge in [-0.3, -0.25) is 0 Å². The Hall–Kier alpha value is -8.72. The first-order chi connectivity index (χ1) is 36.0. The van der Waals surface area contributed by atoms with Gasteiger partial charge in [-0.15, -0.1) is 0 Å². The van der Waals surface area contributed by atoms with Crippen LogP contribution in [-0.4, -0.2) is 4.57 Å². The minimum Gasteiger partial charge on any atom is -0.309 e. The van der Waals surface area contributed by atoms with Crippen molar-refractivity contribution in [1.29, 1.82) is 0 Å². The zero-order valence-corrected chi connectivity index (χ0v) is 43.0. The molecule has 0 aliphatic rings. The van der Waals surface area contributed by atoms with Gasteiger partial charge in [-0.2, -0.15) is 0 Å². The molecule has 2 nitrogen and oxygen atoms in total. The van der Waals surface area contributed by atoms with E-state index in [-0.39, 0.29) is 10.8 Å². The second-order valence-electron chi connectivity index (χ2n) is 22.1. The predicted octanol–water partition coefficient (Wildman–Crippen LogP) is 20.4. The smallest absolute Gasteiger partial charge is 0.0541 e. The maximum absolute atomic E-state index is 2.54. The predicted molar refractivity (Wildman–Crippen MR) is 318 cm³/mol. The van der Waals surface area contributed by atoms with Crippen LogP contribution >= 0.6 is 0 Å². The number of rotatable bonds is 8. The van der Waals surface area contributed by atoms with Gasteiger partial charge >= 0.3 is 0 Å². The topological polar surface area (TPSA) is 8.17 Å². The van der Waals surface area contributed by atoms with Crippen molar-refractivity contribution in [2.24, 2.45) is 0 Å². The number of benzene rings is 12. The van der Waals surface area contributed by atoms with Gasteiger partial charge in [0.2, 0.25) is 0 Å². The van der Waals surface area contributed by atoms with Gasteiger partial charge in [0.05, 0.1) is 33.8 Å². The van der Waals surface area contributed by atoms with E-state index in [1.165, 1.54) is 98.8 Å². The molecular weight excluding hydrogens is 893 g/mol. The average molecular weight is 951 g/mol. The third-order valence-corrected chi connectivity index (χ3v) is 15.5. The van der Waals surface area contributed by atoms with Crippen LogP contribution in [0.25, 0.3) is 104 Å². The summed E-state index contributed by atoms with van der Waals surface area (Å²) in [6.45, 7) is 13.9. The molecule has 2 heteroatoms. The molecule has 0 spiro atoms. The summed E-state index contributed by atoms with van der Waals surface area (Å²) in [5.41, 5.74) is 19.1. The second kappa shape index (κ2) is 17.5. The first-order valence-electron chi connectivity index (χ1n) is 26.1. The number of nitrogens with zero attached hydrogens (tertiary/aromatic N) is 2. The molecule has 0 saturated heterocycles. The zero-order chi connectivity index (χ0) is 50.3. The maximum Gasteiger partial charge on any atom is 0.0541 e. The Balaban J connectivity index is 1.07. The van der Waals surface area contributed by atoms with E-state index < -0.39 is 0 Å². The van der Waals surface area contributed by atoms with Crippen molar-refractivity contribution >= 4 is 71.2 Å². The van der Waals surface area contributed by atoms with Gasteiger partial charge < -0.3 is 9.47 Å². The fraction of sp³-hybridized carbons (Fsp3) is 0.111. The highest BCUT2D eigenvalue weighted by atomic mass is 15.1. The lowest BCUT2D eigenvalue weighted by molar-refractivity contribution is 0.590. The summed E-state index contributed by atoms with van der Waals surface area (Å²) >= 11 is 0. The van der Waals surface area contributed by atoms with Crippen LogP contribution in [0.1, 0.15) is 52.7 Å². The van der Waals surface area contributed by atoms with Crippen LogP contribution in [0.2, 0.25) is 0 Å². The zero-order valence-electron chi connectivity index (χ0n) is 43.0. The van der Waals surface area contributed by atoms with E-state index in [1.807, 2.05) is 0 Å². The number of anilines is 3. The molecule has 0 aliphatic carbocycles. The van der Waals surface area contributed by atoms with Gasteiger partial charge in [-0.1, -0.05) is 236 Å². The summed E-state index contributed by atoms with van der Waals surface area (Å²) in [6, 6.07) is 90.4. The van der Waals surface area contributed by atoms with Gasteiger partial charge in [0.1, 0.15) is 0 Å². The van der Waals surface area contributed by atoms with Crippen LogP contribution < -0.4 is 4.90 Å². The van der Waals surface area contributed by atoms with Crippen molar-refractivity contribution in [2.75, 3.05) is 4.90 Å². The Kier molecular flexibility index (Phi) is 10.7. The molecule has 0 fully saturated rings. The highest BCUT2D eigenvalue weighted by molar-refractivity contribution is 6.28. The largest absolute Gasteiger partial charge is 0.309 e. The van der Waals surface area contributed by atoms with Crippen LogP contribution in [0.4, 0.5) is 17.1 Å². The van der Waals surface area contributed by atoms with E-state index in [1.54, 1.807) is 0 Å². The molecule has 0 atom stereocenters. The highest BCUT2D eigenvalue weighted by Gasteiger charge is 2.26. The lowest BCUT2D eigenvalue weighted by Gasteiger charge is -2.31. The Morgan fingerprint density at radius 1 is 0.297 bits per heavy atom. The van der Waals surface area contributed by atoms with Crippen molar-refractivity contribution in [3.63, 3.8) is 0 Å². The molecule has 0 bridgehead atoms. The highest BCUT2D eigenvalue weighted by Crippen LogP contribution is 2.51. The molecule has 12 aromatic carbocycles. The number of aromatic nitrogens is 1. The van der Waals surface area contributed by atoms with Crippen molar-refractivity contribution in [1.82, 2.24) is 4.57 Å². The van der Waals surface area contributed by atoms with Gasteiger partial charge in [0, 0.05) is 32.7 Å². The van der Waals surface area contributed by atoms with Crippen molar-refractivity contribution < 1.29 is 0 Å². The summed E-state index contributed by atoms with van der Waals surface area (Å²) in [7, 11) is 0. The molecular formula is C72H58N2. The standard InChI is InChI=1S/C72H58N2/c1-71(2,3)53-37-43-67-61(45-53)62-46-54(72(4,5)6)38-44-68(62)74(67)66-42-36-52-33-39-59-65(41-35-51-34-40-60(66)70(52)69(51)59)73(63-27-17-15-24-56(63)50-31-29-48(30-32-50)47-19-9-7-10-20-47)64-28-18-16-26-58(64)57-25-14-13-23-55(57)49-21-11-8-12-22-49/h7-46H,1-6H3. The molecule has 13 aromatic rings. The van der Waals surface area contributed by atoms with Crippen LogP contribution in [0, 0.1) is 0 Å². The molecule has 356 valence electrons. The number of para-hydroxylation sites is 2. The van der Waals surface area contributed by atoms with Gasteiger partial charge in [0.25, 0.3) is 0 Å². The summed E-state index contributed by atoms with van der Waals surface area (Å²) in [5.74, 6) is 0. The third-order valence-electron chi connectivity index (χ3n) is 15.5. The van der Waals surface area contributed by atoms with E-state index in [9.17, 15) is 0 Å². The second-order valence-corrected chi connectivity index (χ2v) is 22.1. The summed E-state index contributed by atoms with van der Waals surface area (Å²) < 4.78 is 2.53. The van der Waals surface area contributed by atoms with Crippen LogP contribution in [0.15, 0.2) is 243 Å². The fourth-order valence-electron chi connectivity index (χ4n) is 11.6. The molecule has 74 heavy (non-hydrogen) atoms. The van der Waals surface area contributed by atoms with E-state index in [4.69, 9.17) is 0 Å².